The molecule has 1 heterocycles. The molecular weight excluding hydrogens is 188 g/mol. The van der Waals surface area contributed by atoms with Gasteiger partial charge in [-0.25, -0.2) is 4.98 Å². The van der Waals surface area contributed by atoms with Crippen LogP contribution in [0.1, 0.15) is 0 Å². The lowest BCUT2D eigenvalue weighted by Crippen LogP contribution is -1.61. The third-order valence-electron chi connectivity index (χ3n) is 1.24. The highest BCUT2D eigenvalue weighted by molar-refractivity contribution is 7.85. The summed E-state index contributed by atoms with van der Waals surface area (Å²) in [6.45, 7) is 0. The maximum absolute atomic E-state index is 7.18. The Hall–Kier alpha value is -1.05. The van der Waals surface area contributed by atoms with Crippen molar-refractivity contribution >= 4 is 34.2 Å². The first-order valence-electron chi connectivity index (χ1n) is 3.20. The normalized spacial score (nSPS) is 8.33. The zero-order chi connectivity index (χ0) is 8.81. The van der Waals surface area contributed by atoms with Crippen molar-refractivity contribution < 1.29 is 0 Å². The van der Waals surface area contributed by atoms with E-state index in [0.717, 1.165) is 5.52 Å². The van der Waals surface area contributed by atoms with Crippen LogP contribution < -0.4 is 0 Å². The van der Waals surface area contributed by atoms with Crippen LogP contribution in [0.15, 0.2) is 29.8 Å². The Labute approximate surface area is 79.9 Å². The summed E-state index contributed by atoms with van der Waals surface area (Å²) in [5.74, 6) is 0. The molecule has 2 aromatic rings. The molecule has 0 spiro atoms. The Morgan fingerprint density at radius 1 is 1.42 bits per heavy atom. The van der Waals surface area contributed by atoms with Crippen molar-refractivity contribution in [2.24, 2.45) is 0 Å². The molecule has 4 heteroatoms. The fourth-order valence-electron chi connectivity index (χ4n) is 0.803. The molecule has 0 atom stereocenters. The molecule has 12 heavy (non-hydrogen) atoms. The highest BCUT2D eigenvalue weighted by Gasteiger charge is 1.89. The summed E-state index contributed by atoms with van der Waals surface area (Å²) in [6, 6.07) is 8.13. The summed E-state index contributed by atoms with van der Waals surface area (Å²) < 4.78 is 1.26. The van der Waals surface area contributed by atoms with E-state index in [-0.39, 0.29) is 0 Å². The number of thiol groups is 1. The molecule has 60 valence electrons. The van der Waals surface area contributed by atoms with Crippen LogP contribution in [0.2, 0.25) is 0 Å². The lowest BCUT2D eigenvalue weighted by atomic mass is 10.3. The predicted octanol–water partition coefficient (Wildman–Crippen LogP) is 2.69. The second kappa shape index (κ2) is 4.75. The van der Waals surface area contributed by atoms with Crippen LogP contribution in [0, 0.1) is 10.7 Å². The zero-order valence-corrected chi connectivity index (χ0v) is 7.85. The van der Waals surface area contributed by atoms with E-state index in [9.17, 15) is 0 Å². The van der Waals surface area contributed by atoms with Gasteiger partial charge in [-0.3, -0.25) is 0 Å². The molecule has 0 bridgehead atoms. The van der Waals surface area contributed by atoms with Crippen LogP contribution in [0.5, 0.6) is 0 Å². The number of nitrogens with zero attached hydrogens (tertiary/aromatic N) is 2. The standard InChI is InChI=1S/C7H5NS.CHNS/c1-2-4-7-6(3-1)8-5-9-7;2-1-3/h1-5H;3H. The van der Waals surface area contributed by atoms with Crippen LogP contribution in [0.25, 0.3) is 10.2 Å². The largest absolute Gasteiger partial charge is 0.245 e. The zero-order valence-electron chi connectivity index (χ0n) is 6.14. The van der Waals surface area contributed by atoms with Crippen molar-refractivity contribution in [3.63, 3.8) is 0 Å². The third-order valence-corrected chi connectivity index (χ3v) is 2.05. The van der Waals surface area contributed by atoms with Crippen LogP contribution in [0.3, 0.4) is 0 Å². The van der Waals surface area contributed by atoms with Gasteiger partial charge in [-0.05, 0) is 12.1 Å². The number of nitriles is 1. The van der Waals surface area contributed by atoms with Gasteiger partial charge in [0.05, 0.1) is 15.7 Å². The fourth-order valence-corrected chi connectivity index (χ4v) is 1.48. The van der Waals surface area contributed by atoms with Gasteiger partial charge in [0.2, 0.25) is 0 Å². The van der Waals surface area contributed by atoms with Gasteiger partial charge in [0.25, 0.3) is 0 Å². The minimum absolute atomic E-state index is 1.10. The highest BCUT2D eigenvalue weighted by atomic mass is 32.1. The summed E-state index contributed by atoms with van der Waals surface area (Å²) in [4.78, 5) is 4.14. The first kappa shape index (κ1) is 9.04. The number of thiocyanates is 1. The molecule has 0 aliphatic carbocycles. The summed E-state index contributed by atoms with van der Waals surface area (Å²) >= 11 is 4.77. The minimum atomic E-state index is 1.10. The van der Waals surface area contributed by atoms with Gasteiger partial charge in [0.15, 0.2) is 0 Å². The van der Waals surface area contributed by atoms with E-state index in [1.165, 1.54) is 10.1 Å². The molecular formula is C8H6N2S2. The molecule has 1 aromatic carbocycles. The first-order valence-corrected chi connectivity index (χ1v) is 4.52. The Morgan fingerprint density at radius 2 is 2.08 bits per heavy atom. The molecule has 0 fully saturated rings. The SMILES string of the molecule is N#CS.c1ccc2scnc2c1. The van der Waals surface area contributed by atoms with Gasteiger partial charge >= 0.3 is 0 Å². The maximum Gasteiger partial charge on any atom is 0.130 e. The van der Waals surface area contributed by atoms with Crippen LogP contribution >= 0.6 is 24.0 Å². The number of rotatable bonds is 0. The number of hydrogen-bond acceptors (Lipinski definition) is 4. The average Bonchev–Trinajstić information content (AvgIpc) is 2.52. The number of hydrogen-bond donors (Lipinski definition) is 1. The predicted molar refractivity (Wildman–Crippen MR) is 54.2 cm³/mol. The monoisotopic (exact) mass is 194 g/mol. The number of para-hydroxylation sites is 1. The van der Waals surface area contributed by atoms with Gasteiger partial charge in [0.1, 0.15) is 5.40 Å². The van der Waals surface area contributed by atoms with E-state index < -0.39 is 0 Å². The third kappa shape index (κ3) is 2.22. The molecule has 0 unspecified atom stereocenters. The van der Waals surface area contributed by atoms with Crippen molar-refractivity contribution in [2.75, 3.05) is 0 Å². The highest BCUT2D eigenvalue weighted by Crippen LogP contribution is 2.15. The first-order chi connectivity index (χ1) is 5.88. The lowest BCUT2D eigenvalue weighted by Gasteiger charge is -1.80. The molecule has 0 saturated carbocycles. The quantitative estimate of drug-likeness (QED) is 0.517. The molecule has 0 radical (unpaired) electrons. The second-order valence-electron chi connectivity index (χ2n) is 1.92. The Balaban J connectivity index is 0.000000213. The molecule has 2 rings (SSSR count). The maximum atomic E-state index is 7.18. The molecule has 0 saturated heterocycles. The second-order valence-corrected chi connectivity index (χ2v) is 3.01. The van der Waals surface area contributed by atoms with E-state index in [0.29, 0.717) is 0 Å². The van der Waals surface area contributed by atoms with E-state index in [1.807, 2.05) is 23.7 Å². The van der Waals surface area contributed by atoms with Crippen LogP contribution in [0.4, 0.5) is 0 Å². The molecule has 0 N–H and O–H groups in total. The molecule has 2 nitrogen and oxygen atoms in total. The van der Waals surface area contributed by atoms with Crippen molar-refractivity contribution in [1.29, 1.82) is 5.26 Å². The van der Waals surface area contributed by atoms with Gasteiger partial charge in [-0.1, -0.05) is 24.8 Å². The van der Waals surface area contributed by atoms with Crippen LogP contribution in [-0.2, 0) is 0 Å². The Kier molecular flexibility index (Phi) is 3.58. The van der Waals surface area contributed by atoms with Crippen LogP contribution in [-0.4, -0.2) is 4.98 Å². The van der Waals surface area contributed by atoms with Gasteiger partial charge in [-0.2, -0.15) is 5.26 Å². The van der Waals surface area contributed by atoms with Gasteiger partial charge in [-0.15, -0.1) is 11.3 Å². The van der Waals surface area contributed by atoms with E-state index in [1.54, 1.807) is 11.3 Å². The minimum Gasteiger partial charge on any atom is -0.245 e. The molecule has 1 aromatic heterocycles. The average molecular weight is 194 g/mol. The van der Waals surface area contributed by atoms with Gasteiger partial charge in [0, 0.05) is 0 Å². The molecule has 0 aliphatic heterocycles. The van der Waals surface area contributed by atoms with Gasteiger partial charge < -0.3 is 0 Å². The summed E-state index contributed by atoms with van der Waals surface area (Å²) in [5, 5.41) is 8.63. The number of aromatic nitrogens is 1. The lowest BCUT2D eigenvalue weighted by molar-refractivity contribution is 1.50. The van der Waals surface area contributed by atoms with Crippen molar-refractivity contribution in [2.45, 2.75) is 0 Å². The van der Waals surface area contributed by atoms with E-state index in [4.69, 9.17) is 5.26 Å². The Bertz CT molecular complexity index is 359. The molecule has 0 amide bonds. The van der Waals surface area contributed by atoms with Crippen molar-refractivity contribution in [3.05, 3.63) is 29.8 Å². The summed E-state index contributed by atoms with van der Waals surface area (Å²) in [7, 11) is 0. The van der Waals surface area contributed by atoms with Crippen molar-refractivity contribution in [1.82, 2.24) is 4.98 Å². The fraction of sp³-hybridized carbons (Fsp3) is 0. The summed E-state index contributed by atoms with van der Waals surface area (Å²) in [5.41, 5.74) is 2.97. The number of benzene rings is 1. The molecule has 0 aliphatic rings. The van der Waals surface area contributed by atoms with E-state index in [2.05, 4.69) is 23.7 Å². The van der Waals surface area contributed by atoms with E-state index >= 15 is 0 Å². The number of fused-ring (bicyclic) bond motifs is 1. The van der Waals surface area contributed by atoms with Crippen molar-refractivity contribution in [3.8, 4) is 5.40 Å². The number of thiazole rings is 1. The topological polar surface area (TPSA) is 36.7 Å². The smallest absolute Gasteiger partial charge is 0.130 e. The summed E-state index contributed by atoms with van der Waals surface area (Å²) in [6.07, 6.45) is 0. The Morgan fingerprint density at radius 3 is 2.75 bits per heavy atom.